The van der Waals surface area contributed by atoms with E-state index in [2.05, 4.69) is 5.32 Å². The average Bonchev–Trinajstić information content (AvgIpc) is 3.08. The molecule has 2 rings (SSSR count). The summed E-state index contributed by atoms with van der Waals surface area (Å²) >= 11 is 0. The van der Waals surface area contributed by atoms with Crippen LogP contribution in [0.5, 0.6) is 0 Å². The van der Waals surface area contributed by atoms with Crippen LogP contribution in [0.25, 0.3) is 0 Å². The van der Waals surface area contributed by atoms with Crippen LogP contribution < -0.4 is 5.32 Å². The maximum atomic E-state index is 11.8. The van der Waals surface area contributed by atoms with E-state index in [0.717, 1.165) is 19.1 Å². The molecule has 1 aromatic carbocycles. The molecule has 6 heteroatoms. The minimum absolute atomic E-state index is 0.0693. The molecule has 1 aromatic rings. The summed E-state index contributed by atoms with van der Waals surface area (Å²) < 4.78 is 22.5. The van der Waals surface area contributed by atoms with Crippen molar-refractivity contribution in [3.05, 3.63) is 29.8 Å². The van der Waals surface area contributed by atoms with Gasteiger partial charge in [0.25, 0.3) is 5.91 Å². The Morgan fingerprint density at radius 2 is 1.89 bits per heavy atom. The van der Waals surface area contributed by atoms with Crippen LogP contribution in [0, 0.1) is 0 Å². The molecule has 98 valence electrons. The van der Waals surface area contributed by atoms with Crippen LogP contribution in [0.15, 0.2) is 29.2 Å². The van der Waals surface area contributed by atoms with Crippen molar-refractivity contribution in [2.75, 3.05) is 12.9 Å². The maximum Gasteiger partial charge on any atom is 0.251 e. The van der Waals surface area contributed by atoms with Crippen molar-refractivity contribution < 1.29 is 18.3 Å². The Labute approximate surface area is 106 Å². The molecule has 0 aliphatic heterocycles. The fraction of sp³-hybridized carbons (Fsp3) is 0.417. The van der Waals surface area contributed by atoms with Crippen molar-refractivity contribution in [3.63, 3.8) is 0 Å². The van der Waals surface area contributed by atoms with E-state index in [4.69, 9.17) is 5.11 Å². The molecule has 0 bridgehead atoms. The normalized spacial score (nSPS) is 17.2. The van der Waals surface area contributed by atoms with Crippen LogP contribution in [0.3, 0.4) is 0 Å². The topological polar surface area (TPSA) is 83.5 Å². The molecular weight excluding hydrogens is 254 g/mol. The molecule has 0 aromatic heterocycles. The van der Waals surface area contributed by atoms with Crippen molar-refractivity contribution in [3.8, 4) is 0 Å². The van der Waals surface area contributed by atoms with Crippen LogP contribution in [0.4, 0.5) is 0 Å². The van der Waals surface area contributed by atoms with Gasteiger partial charge < -0.3 is 10.4 Å². The van der Waals surface area contributed by atoms with Gasteiger partial charge in [-0.05, 0) is 37.1 Å². The van der Waals surface area contributed by atoms with E-state index >= 15 is 0 Å². The monoisotopic (exact) mass is 269 g/mol. The molecule has 2 N–H and O–H groups in total. The van der Waals surface area contributed by atoms with Gasteiger partial charge in [0.15, 0.2) is 9.84 Å². The molecular formula is C12H15NO4S. The van der Waals surface area contributed by atoms with Gasteiger partial charge in [-0.3, -0.25) is 4.79 Å². The number of aliphatic hydroxyl groups is 1. The number of sulfone groups is 1. The average molecular weight is 269 g/mol. The summed E-state index contributed by atoms with van der Waals surface area (Å²) in [6.07, 6.45) is 2.67. The highest BCUT2D eigenvalue weighted by atomic mass is 32.2. The fourth-order valence-electron chi connectivity index (χ4n) is 1.64. The highest BCUT2D eigenvalue weighted by molar-refractivity contribution is 7.90. The first-order valence-corrected chi connectivity index (χ1v) is 7.49. The quantitative estimate of drug-likeness (QED) is 0.826. The van der Waals surface area contributed by atoms with Crippen LogP contribution >= 0.6 is 0 Å². The number of rotatable bonds is 4. The second kappa shape index (κ2) is 4.37. The van der Waals surface area contributed by atoms with Gasteiger partial charge >= 0.3 is 0 Å². The number of amides is 1. The predicted molar refractivity (Wildman–Crippen MR) is 66.1 cm³/mol. The van der Waals surface area contributed by atoms with Gasteiger partial charge in [0.1, 0.15) is 0 Å². The van der Waals surface area contributed by atoms with Crippen molar-refractivity contribution in [1.82, 2.24) is 5.32 Å². The number of hydrogen-bond acceptors (Lipinski definition) is 4. The number of carbonyl (C=O) groups excluding carboxylic acids is 1. The summed E-state index contributed by atoms with van der Waals surface area (Å²) in [5.74, 6) is -0.290. The second-order valence-corrected chi connectivity index (χ2v) is 6.70. The molecule has 0 heterocycles. The van der Waals surface area contributed by atoms with Gasteiger partial charge in [-0.25, -0.2) is 8.42 Å². The molecule has 1 fully saturated rings. The molecule has 5 nitrogen and oxygen atoms in total. The van der Waals surface area contributed by atoms with E-state index in [1.807, 2.05) is 0 Å². The van der Waals surface area contributed by atoms with Gasteiger partial charge in [-0.2, -0.15) is 0 Å². The van der Waals surface area contributed by atoms with Crippen LogP contribution in [0.2, 0.25) is 0 Å². The molecule has 0 unspecified atom stereocenters. The lowest BCUT2D eigenvalue weighted by Crippen LogP contribution is -2.39. The van der Waals surface area contributed by atoms with Gasteiger partial charge in [0.2, 0.25) is 0 Å². The first kappa shape index (κ1) is 13.0. The Kier molecular flexibility index (Phi) is 3.16. The third kappa shape index (κ3) is 2.70. The summed E-state index contributed by atoms with van der Waals surface area (Å²) in [6.45, 7) is -0.0693. The summed E-state index contributed by atoms with van der Waals surface area (Å²) in [7, 11) is -3.24. The van der Waals surface area contributed by atoms with Crippen molar-refractivity contribution in [2.45, 2.75) is 23.3 Å². The van der Waals surface area contributed by atoms with E-state index in [-0.39, 0.29) is 17.4 Å². The Bertz CT molecular complexity index is 558. The van der Waals surface area contributed by atoms with Gasteiger partial charge in [-0.15, -0.1) is 0 Å². The first-order chi connectivity index (χ1) is 8.36. The van der Waals surface area contributed by atoms with E-state index in [1.165, 1.54) is 24.3 Å². The third-order valence-corrected chi connectivity index (χ3v) is 4.21. The maximum absolute atomic E-state index is 11.8. The minimum atomic E-state index is -3.24. The van der Waals surface area contributed by atoms with Gasteiger partial charge in [-0.1, -0.05) is 0 Å². The number of carbonyl (C=O) groups is 1. The lowest BCUT2D eigenvalue weighted by Gasteiger charge is -2.14. The lowest BCUT2D eigenvalue weighted by molar-refractivity contribution is 0.0906. The zero-order chi connectivity index (χ0) is 13.4. The molecule has 1 aliphatic rings. The fourth-order valence-corrected chi connectivity index (χ4v) is 2.27. The van der Waals surface area contributed by atoms with E-state index in [9.17, 15) is 13.2 Å². The molecule has 18 heavy (non-hydrogen) atoms. The number of benzene rings is 1. The summed E-state index contributed by atoms with van der Waals surface area (Å²) in [5, 5.41) is 11.9. The van der Waals surface area contributed by atoms with Crippen LogP contribution in [0.1, 0.15) is 23.2 Å². The molecule has 1 aliphatic carbocycles. The van der Waals surface area contributed by atoms with Crippen LogP contribution in [-0.2, 0) is 9.84 Å². The van der Waals surface area contributed by atoms with E-state index < -0.39 is 15.4 Å². The highest BCUT2D eigenvalue weighted by Crippen LogP contribution is 2.34. The van der Waals surface area contributed by atoms with Gasteiger partial charge in [0.05, 0.1) is 17.0 Å². The number of hydrogen-bond donors (Lipinski definition) is 2. The summed E-state index contributed by atoms with van der Waals surface area (Å²) in [5.41, 5.74) is -0.0748. The lowest BCUT2D eigenvalue weighted by atomic mass is 10.2. The summed E-state index contributed by atoms with van der Waals surface area (Å²) in [6, 6.07) is 5.75. The smallest absolute Gasteiger partial charge is 0.251 e. The Morgan fingerprint density at radius 1 is 1.33 bits per heavy atom. The van der Waals surface area contributed by atoms with E-state index in [1.54, 1.807) is 0 Å². The SMILES string of the molecule is CS(=O)(=O)c1ccc(C(=O)NC2(CO)CC2)cc1. The van der Waals surface area contributed by atoms with Crippen molar-refractivity contribution in [1.29, 1.82) is 0 Å². The second-order valence-electron chi connectivity index (χ2n) is 4.69. The van der Waals surface area contributed by atoms with Crippen LogP contribution in [-0.4, -0.2) is 37.8 Å². The molecule has 0 saturated heterocycles. The third-order valence-electron chi connectivity index (χ3n) is 3.08. The summed E-state index contributed by atoms with van der Waals surface area (Å²) in [4.78, 5) is 12.0. The minimum Gasteiger partial charge on any atom is -0.394 e. The zero-order valence-corrected chi connectivity index (χ0v) is 10.8. The van der Waals surface area contributed by atoms with E-state index in [0.29, 0.717) is 5.56 Å². The molecule has 0 radical (unpaired) electrons. The standard InChI is InChI=1S/C12H15NO4S/c1-18(16,17)10-4-2-9(3-5-10)11(15)13-12(8-14)6-7-12/h2-5,14H,6-8H2,1H3,(H,13,15). The Balaban J connectivity index is 2.13. The molecule has 1 amide bonds. The Morgan fingerprint density at radius 3 is 2.28 bits per heavy atom. The van der Waals surface area contributed by atoms with Crippen molar-refractivity contribution >= 4 is 15.7 Å². The molecule has 0 atom stereocenters. The number of nitrogens with one attached hydrogen (secondary N) is 1. The highest BCUT2D eigenvalue weighted by Gasteiger charge is 2.43. The molecule has 1 saturated carbocycles. The van der Waals surface area contributed by atoms with Crippen molar-refractivity contribution in [2.24, 2.45) is 0 Å². The predicted octanol–water partition coefficient (Wildman–Crippen LogP) is 0.345. The van der Waals surface area contributed by atoms with Gasteiger partial charge in [0, 0.05) is 11.8 Å². The number of aliphatic hydroxyl groups excluding tert-OH is 1. The first-order valence-electron chi connectivity index (χ1n) is 5.60. The zero-order valence-electron chi connectivity index (χ0n) is 10.0. The molecule has 0 spiro atoms. The largest absolute Gasteiger partial charge is 0.394 e. The Hall–Kier alpha value is -1.40.